The van der Waals surface area contributed by atoms with Crippen LogP contribution in [-0.2, 0) is 19.0 Å². The van der Waals surface area contributed by atoms with Crippen molar-refractivity contribution >= 4 is 17.1 Å². The number of nitrogens with zero attached hydrogens (tertiary/aromatic N) is 2. The normalized spacial score (nSPS) is 13.9. The van der Waals surface area contributed by atoms with Crippen LogP contribution in [0.5, 0.6) is 0 Å². The molecule has 1 atom stereocenters. The third-order valence-corrected chi connectivity index (χ3v) is 6.00. The van der Waals surface area contributed by atoms with Crippen molar-refractivity contribution in [2.45, 2.75) is 24.9 Å². The molecule has 1 aromatic carbocycles. The summed E-state index contributed by atoms with van der Waals surface area (Å²) in [5.41, 5.74) is 2.48. The van der Waals surface area contributed by atoms with Crippen molar-refractivity contribution in [1.29, 1.82) is 5.26 Å². The second kappa shape index (κ2) is 6.88. The van der Waals surface area contributed by atoms with E-state index in [0.717, 1.165) is 41.0 Å². The lowest BCUT2D eigenvalue weighted by molar-refractivity contribution is -0.137. The zero-order valence-electron chi connectivity index (χ0n) is 14.5. The summed E-state index contributed by atoms with van der Waals surface area (Å²) in [6, 6.07) is 13.6. The highest BCUT2D eigenvalue weighted by molar-refractivity contribution is 7.17. The summed E-state index contributed by atoms with van der Waals surface area (Å²) in [6.45, 7) is 0. The van der Waals surface area contributed by atoms with E-state index in [1.165, 1.54) is 16.9 Å². The largest absolute Gasteiger partial charge is 0.417 e. The van der Waals surface area contributed by atoms with Crippen molar-refractivity contribution < 1.29 is 18.0 Å². The van der Waals surface area contributed by atoms with Crippen LogP contribution in [0.15, 0.2) is 48.7 Å². The van der Waals surface area contributed by atoms with Crippen molar-refractivity contribution in [3.05, 3.63) is 75.9 Å². The Morgan fingerprint density at radius 3 is 2.57 bits per heavy atom. The lowest BCUT2D eigenvalue weighted by Crippen LogP contribution is -2.13. The first-order valence-electron chi connectivity index (χ1n) is 8.56. The fourth-order valence-corrected chi connectivity index (χ4v) is 4.58. The number of aryl methyl sites for hydroxylation is 2. The molecule has 28 heavy (non-hydrogen) atoms. The molecule has 0 bridgehead atoms. The van der Waals surface area contributed by atoms with Crippen LogP contribution in [0, 0.1) is 11.3 Å². The number of Topliss-reactive ketones (excluding diaryl/α,β-unsaturated/α-hetero) is 1. The van der Waals surface area contributed by atoms with Crippen LogP contribution in [0.3, 0.4) is 0 Å². The van der Waals surface area contributed by atoms with E-state index in [4.69, 9.17) is 0 Å². The molecule has 0 saturated heterocycles. The summed E-state index contributed by atoms with van der Waals surface area (Å²) in [5, 5.41) is 9.47. The smallest absolute Gasteiger partial charge is 0.291 e. The maximum absolute atomic E-state index is 12.9. The first-order chi connectivity index (χ1) is 13.4. The van der Waals surface area contributed by atoms with Crippen molar-refractivity contribution in [3.63, 3.8) is 0 Å². The van der Waals surface area contributed by atoms with Gasteiger partial charge in [0.15, 0.2) is 11.7 Å². The number of carbonyl (C=O) groups is 1. The summed E-state index contributed by atoms with van der Waals surface area (Å²) in [4.78, 5) is 18.1. The zero-order chi connectivity index (χ0) is 19.9. The number of rotatable bonds is 3. The van der Waals surface area contributed by atoms with E-state index in [1.807, 2.05) is 24.3 Å². The van der Waals surface area contributed by atoms with Crippen LogP contribution in [0.4, 0.5) is 13.2 Å². The van der Waals surface area contributed by atoms with Gasteiger partial charge < -0.3 is 0 Å². The van der Waals surface area contributed by atoms with Crippen molar-refractivity contribution in [3.8, 4) is 16.5 Å². The highest BCUT2D eigenvalue weighted by Gasteiger charge is 2.32. The van der Waals surface area contributed by atoms with E-state index in [9.17, 15) is 23.2 Å². The van der Waals surface area contributed by atoms with Gasteiger partial charge in [-0.25, -0.2) is 0 Å². The van der Waals surface area contributed by atoms with Gasteiger partial charge in [-0.3, -0.25) is 9.78 Å². The Bertz CT molecular complexity index is 1090. The minimum atomic E-state index is -4.52. The number of thiophene rings is 1. The molecule has 140 valence electrons. The molecule has 0 fully saturated rings. The quantitative estimate of drug-likeness (QED) is 0.554. The average molecular weight is 398 g/mol. The number of hydrogen-bond donors (Lipinski definition) is 0. The van der Waals surface area contributed by atoms with Gasteiger partial charge in [0.2, 0.25) is 0 Å². The van der Waals surface area contributed by atoms with Gasteiger partial charge in [0.05, 0.1) is 22.2 Å². The minimum Gasteiger partial charge on any atom is -0.291 e. The average Bonchev–Trinajstić information content (AvgIpc) is 3.13. The zero-order valence-corrected chi connectivity index (χ0v) is 15.3. The number of fused-ring (bicyclic) bond motifs is 3. The van der Waals surface area contributed by atoms with Crippen LogP contribution < -0.4 is 0 Å². The van der Waals surface area contributed by atoms with Gasteiger partial charge in [0.1, 0.15) is 0 Å². The second-order valence-corrected chi connectivity index (χ2v) is 7.57. The predicted molar refractivity (Wildman–Crippen MR) is 99.1 cm³/mol. The molecular weight excluding hydrogens is 385 g/mol. The first-order valence-corrected chi connectivity index (χ1v) is 9.38. The predicted octanol–water partition coefficient (Wildman–Crippen LogP) is 5.42. The molecule has 0 N–H and O–H groups in total. The molecular formula is C21H13F3N2OS. The monoisotopic (exact) mass is 398 g/mol. The van der Waals surface area contributed by atoms with E-state index in [-0.39, 0.29) is 5.69 Å². The highest BCUT2D eigenvalue weighted by atomic mass is 32.1. The maximum atomic E-state index is 12.9. The molecule has 0 saturated carbocycles. The third-order valence-electron chi connectivity index (χ3n) is 4.78. The minimum absolute atomic E-state index is 0.0206. The molecule has 2 aromatic heterocycles. The fraction of sp³-hybridized carbons (Fsp3) is 0.190. The lowest BCUT2D eigenvalue weighted by atomic mass is 9.91. The Hall–Kier alpha value is -2.98. The van der Waals surface area contributed by atoms with Crippen molar-refractivity contribution in [2.75, 3.05) is 0 Å². The summed E-state index contributed by atoms with van der Waals surface area (Å²) < 4.78 is 38.1. The van der Waals surface area contributed by atoms with Crippen LogP contribution in [0.25, 0.3) is 10.4 Å². The van der Waals surface area contributed by atoms with Gasteiger partial charge in [0, 0.05) is 11.1 Å². The lowest BCUT2D eigenvalue weighted by Gasteiger charge is -2.15. The Morgan fingerprint density at radius 2 is 1.89 bits per heavy atom. The molecule has 0 spiro atoms. The number of aromatic nitrogens is 1. The summed E-state index contributed by atoms with van der Waals surface area (Å²) in [5.74, 6) is -1.68. The molecule has 0 radical (unpaired) electrons. The molecule has 2 heterocycles. The van der Waals surface area contributed by atoms with Gasteiger partial charge in [-0.15, -0.1) is 11.3 Å². The Balaban J connectivity index is 1.66. The standard InChI is InChI=1S/C21H13F3N2OS/c22-21(23,24)14-7-8-17(26-11-14)16(10-25)19(27)18-9-13-6-5-12-3-1-2-4-15(12)20(13)28-18/h1-4,7-9,11,16H,5-6H2. The number of carbonyl (C=O) groups excluding carboxylic acids is 1. The summed E-state index contributed by atoms with van der Waals surface area (Å²) in [7, 11) is 0. The van der Waals surface area contributed by atoms with E-state index in [2.05, 4.69) is 11.1 Å². The van der Waals surface area contributed by atoms with Gasteiger partial charge in [-0.2, -0.15) is 18.4 Å². The van der Waals surface area contributed by atoms with Gasteiger partial charge in [0.25, 0.3) is 0 Å². The third kappa shape index (κ3) is 3.20. The second-order valence-electron chi connectivity index (χ2n) is 6.52. The Kier molecular flexibility index (Phi) is 4.52. The number of halogens is 3. The molecule has 3 nitrogen and oxygen atoms in total. The van der Waals surface area contributed by atoms with Crippen molar-refractivity contribution in [2.24, 2.45) is 0 Å². The maximum Gasteiger partial charge on any atom is 0.417 e. The van der Waals surface area contributed by atoms with Gasteiger partial charge in [-0.1, -0.05) is 24.3 Å². The Morgan fingerprint density at radius 1 is 1.14 bits per heavy atom. The van der Waals surface area contributed by atoms with E-state index < -0.39 is 23.4 Å². The van der Waals surface area contributed by atoms with Crippen molar-refractivity contribution in [1.82, 2.24) is 4.98 Å². The van der Waals surface area contributed by atoms with Gasteiger partial charge >= 0.3 is 6.18 Å². The van der Waals surface area contributed by atoms with Crippen LogP contribution >= 0.6 is 11.3 Å². The molecule has 1 unspecified atom stereocenters. The van der Waals surface area contributed by atoms with Crippen LogP contribution in [-0.4, -0.2) is 10.8 Å². The number of pyridine rings is 1. The molecule has 0 aliphatic heterocycles. The molecule has 1 aliphatic carbocycles. The molecule has 4 rings (SSSR count). The summed E-state index contributed by atoms with van der Waals surface area (Å²) >= 11 is 1.32. The molecule has 1 aliphatic rings. The van der Waals surface area contributed by atoms with E-state index in [1.54, 1.807) is 6.07 Å². The van der Waals surface area contributed by atoms with Crippen LogP contribution in [0.2, 0.25) is 0 Å². The van der Waals surface area contributed by atoms with Crippen LogP contribution in [0.1, 0.15) is 38.0 Å². The molecule has 3 aromatic rings. The number of ketones is 1. The van der Waals surface area contributed by atoms with E-state index >= 15 is 0 Å². The number of alkyl halides is 3. The van der Waals surface area contributed by atoms with E-state index in [0.29, 0.717) is 11.1 Å². The fourth-order valence-electron chi connectivity index (χ4n) is 3.34. The Labute approximate surface area is 163 Å². The number of nitriles is 1. The number of hydrogen-bond acceptors (Lipinski definition) is 4. The van der Waals surface area contributed by atoms with Gasteiger partial charge in [-0.05, 0) is 47.7 Å². The SMILES string of the molecule is N#CC(C(=O)c1cc2c(s1)-c1ccccc1CC2)c1ccc(C(F)(F)F)cn1. The molecule has 7 heteroatoms. The summed E-state index contributed by atoms with van der Waals surface area (Å²) in [6.07, 6.45) is -2.16. The highest BCUT2D eigenvalue weighted by Crippen LogP contribution is 2.40. The first kappa shape index (κ1) is 18.4. The number of benzene rings is 1. The topological polar surface area (TPSA) is 53.8 Å². The molecule has 0 amide bonds.